The number of aryl methyl sites for hydroxylation is 1. The minimum atomic E-state index is -0.482. The van der Waals surface area contributed by atoms with Crippen molar-refractivity contribution in [3.8, 4) is 0 Å². The van der Waals surface area contributed by atoms with Gasteiger partial charge in [-0.2, -0.15) is 0 Å². The molecule has 0 spiro atoms. The van der Waals surface area contributed by atoms with Crippen LogP contribution in [-0.4, -0.2) is 39.8 Å². The van der Waals surface area contributed by atoms with Crippen molar-refractivity contribution >= 4 is 11.7 Å². The molecule has 0 saturated carbocycles. The molecule has 0 unspecified atom stereocenters. The number of rotatable bonds is 3. The van der Waals surface area contributed by atoms with E-state index >= 15 is 0 Å². The molecule has 1 aromatic heterocycles. The number of likely N-dealkylation sites (tertiary alicyclic amines) is 1. The predicted octanol–water partition coefficient (Wildman–Crippen LogP) is 1.80. The summed E-state index contributed by atoms with van der Waals surface area (Å²) < 4.78 is 1.57. The lowest BCUT2D eigenvalue weighted by atomic mass is 10.1. The van der Waals surface area contributed by atoms with Crippen LogP contribution in [0.2, 0.25) is 0 Å². The van der Waals surface area contributed by atoms with Crippen LogP contribution in [-0.2, 0) is 6.54 Å². The van der Waals surface area contributed by atoms with E-state index < -0.39 is 6.10 Å². The number of aliphatic hydroxyl groups is 1. The van der Waals surface area contributed by atoms with Gasteiger partial charge in [0.15, 0.2) is 0 Å². The fourth-order valence-corrected chi connectivity index (χ4v) is 2.77. The Hall–Kier alpha value is -2.60. The number of aliphatic hydroxyl groups excluding tert-OH is 1. The summed E-state index contributed by atoms with van der Waals surface area (Å²) in [4.78, 5) is 26.2. The van der Waals surface area contributed by atoms with Crippen LogP contribution in [0.25, 0.3) is 0 Å². The standard InChI is InChI=1S/C18H21N3O3/c1-13-4-6-14(7-5-13)11-20-9-2-3-16(17(20)23)19-18(24)21-10-8-15(22)12-21/h2-7,9,15,22H,8,10-12H2,1H3,(H,19,24)/t15-/m0/s1. The third-order valence-corrected chi connectivity index (χ3v) is 4.19. The number of aromatic nitrogens is 1. The van der Waals surface area contributed by atoms with E-state index in [9.17, 15) is 14.7 Å². The van der Waals surface area contributed by atoms with E-state index in [1.54, 1.807) is 22.9 Å². The van der Waals surface area contributed by atoms with Crippen molar-refractivity contribution < 1.29 is 9.90 Å². The van der Waals surface area contributed by atoms with Crippen LogP contribution in [0.4, 0.5) is 10.5 Å². The highest BCUT2D eigenvalue weighted by Crippen LogP contribution is 2.11. The highest BCUT2D eigenvalue weighted by atomic mass is 16.3. The molecule has 0 aliphatic carbocycles. The van der Waals surface area contributed by atoms with Crippen molar-refractivity contribution in [2.45, 2.75) is 26.0 Å². The maximum Gasteiger partial charge on any atom is 0.322 e. The Morgan fingerprint density at radius 2 is 2.04 bits per heavy atom. The lowest BCUT2D eigenvalue weighted by molar-refractivity contribution is 0.176. The van der Waals surface area contributed by atoms with Gasteiger partial charge in [0.2, 0.25) is 0 Å². The van der Waals surface area contributed by atoms with Gasteiger partial charge in [-0.3, -0.25) is 4.79 Å². The number of carbonyl (C=O) groups excluding carboxylic acids is 1. The van der Waals surface area contributed by atoms with E-state index in [4.69, 9.17) is 0 Å². The molecule has 1 aliphatic heterocycles. The average molecular weight is 327 g/mol. The molecule has 2 aromatic rings. The van der Waals surface area contributed by atoms with Crippen molar-refractivity contribution in [2.24, 2.45) is 0 Å². The van der Waals surface area contributed by atoms with Gasteiger partial charge in [-0.1, -0.05) is 29.8 Å². The predicted molar refractivity (Wildman–Crippen MR) is 92.2 cm³/mol. The molecule has 6 heteroatoms. The van der Waals surface area contributed by atoms with Gasteiger partial charge < -0.3 is 19.9 Å². The first-order chi connectivity index (χ1) is 11.5. The highest BCUT2D eigenvalue weighted by Gasteiger charge is 2.25. The molecule has 2 heterocycles. The fraction of sp³-hybridized carbons (Fsp3) is 0.333. The van der Waals surface area contributed by atoms with Crippen molar-refractivity contribution in [1.29, 1.82) is 0 Å². The Morgan fingerprint density at radius 3 is 2.71 bits per heavy atom. The molecule has 1 fully saturated rings. The molecular formula is C18H21N3O3. The molecule has 1 aliphatic rings. The quantitative estimate of drug-likeness (QED) is 0.903. The molecule has 0 radical (unpaired) electrons. The smallest absolute Gasteiger partial charge is 0.322 e. The Bertz CT molecular complexity index is 783. The number of amides is 2. The Morgan fingerprint density at radius 1 is 1.29 bits per heavy atom. The third-order valence-electron chi connectivity index (χ3n) is 4.19. The second-order valence-electron chi connectivity index (χ2n) is 6.16. The third kappa shape index (κ3) is 3.65. The van der Waals surface area contributed by atoms with Crippen LogP contribution in [0.15, 0.2) is 47.4 Å². The molecule has 1 atom stereocenters. The molecule has 1 aromatic carbocycles. The van der Waals surface area contributed by atoms with Crippen LogP contribution in [0.3, 0.4) is 0 Å². The Labute approximate surface area is 140 Å². The summed E-state index contributed by atoms with van der Waals surface area (Å²) in [6.07, 6.45) is 1.79. The van der Waals surface area contributed by atoms with Crippen LogP contribution >= 0.6 is 0 Å². The van der Waals surface area contributed by atoms with Crippen molar-refractivity contribution in [1.82, 2.24) is 9.47 Å². The zero-order valence-electron chi connectivity index (χ0n) is 13.6. The van der Waals surface area contributed by atoms with Crippen LogP contribution in [0.1, 0.15) is 17.5 Å². The van der Waals surface area contributed by atoms with E-state index in [-0.39, 0.29) is 17.3 Å². The number of nitrogens with zero attached hydrogens (tertiary/aromatic N) is 2. The van der Waals surface area contributed by atoms with Crippen LogP contribution in [0.5, 0.6) is 0 Å². The zero-order chi connectivity index (χ0) is 17.1. The van der Waals surface area contributed by atoms with E-state index in [1.165, 1.54) is 10.5 Å². The number of nitrogens with one attached hydrogen (secondary N) is 1. The SMILES string of the molecule is Cc1ccc(Cn2cccc(NC(=O)N3CC[C@H](O)C3)c2=O)cc1. The Balaban J connectivity index is 1.74. The van der Waals surface area contributed by atoms with E-state index in [0.29, 0.717) is 26.1 Å². The average Bonchev–Trinajstić information content (AvgIpc) is 3.00. The molecule has 24 heavy (non-hydrogen) atoms. The van der Waals surface area contributed by atoms with Crippen LogP contribution in [0, 0.1) is 6.92 Å². The second-order valence-corrected chi connectivity index (χ2v) is 6.16. The molecule has 2 amide bonds. The molecule has 126 valence electrons. The molecule has 1 saturated heterocycles. The van der Waals surface area contributed by atoms with Gasteiger partial charge in [0.25, 0.3) is 5.56 Å². The zero-order valence-corrected chi connectivity index (χ0v) is 13.6. The van der Waals surface area contributed by atoms with Crippen molar-refractivity contribution in [2.75, 3.05) is 18.4 Å². The van der Waals surface area contributed by atoms with Gasteiger partial charge in [-0.05, 0) is 31.0 Å². The fourth-order valence-electron chi connectivity index (χ4n) is 2.77. The number of hydrogen-bond acceptors (Lipinski definition) is 3. The van der Waals surface area contributed by atoms with Crippen LogP contribution < -0.4 is 10.9 Å². The molecular weight excluding hydrogens is 306 g/mol. The number of carbonyl (C=O) groups is 1. The summed E-state index contributed by atoms with van der Waals surface area (Å²) >= 11 is 0. The Kier molecular flexibility index (Phi) is 4.66. The van der Waals surface area contributed by atoms with E-state index in [1.807, 2.05) is 31.2 Å². The topological polar surface area (TPSA) is 74.6 Å². The normalized spacial score (nSPS) is 17.1. The summed E-state index contributed by atoms with van der Waals surface area (Å²) in [6, 6.07) is 11.0. The minimum Gasteiger partial charge on any atom is -0.391 e. The van der Waals surface area contributed by atoms with Crippen molar-refractivity contribution in [3.63, 3.8) is 0 Å². The first-order valence-electron chi connectivity index (χ1n) is 8.02. The first-order valence-corrected chi connectivity index (χ1v) is 8.02. The summed E-state index contributed by atoms with van der Waals surface area (Å²) in [5, 5.41) is 12.2. The largest absolute Gasteiger partial charge is 0.391 e. The summed E-state index contributed by atoms with van der Waals surface area (Å²) in [6.45, 7) is 3.26. The van der Waals surface area contributed by atoms with Gasteiger partial charge >= 0.3 is 6.03 Å². The maximum absolute atomic E-state index is 12.5. The summed E-state index contributed by atoms with van der Waals surface area (Å²) in [5.41, 5.74) is 2.19. The van der Waals surface area contributed by atoms with Gasteiger partial charge in [0, 0.05) is 19.3 Å². The monoisotopic (exact) mass is 327 g/mol. The van der Waals surface area contributed by atoms with Gasteiger partial charge in [-0.15, -0.1) is 0 Å². The summed E-state index contributed by atoms with van der Waals surface area (Å²) in [7, 11) is 0. The second kappa shape index (κ2) is 6.88. The number of benzene rings is 1. The van der Waals surface area contributed by atoms with E-state index in [2.05, 4.69) is 5.32 Å². The number of anilines is 1. The van der Waals surface area contributed by atoms with Gasteiger partial charge in [0.05, 0.1) is 12.6 Å². The lowest BCUT2D eigenvalue weighted by Gasteiger charge is -2.16. The molecule has 3 rings (SSSR count). The lowest BCUT2D eigenvalue weighted by Crippen LogP contribution is -2.36. The molecule has 0 bridgehead atoms. The highest BCUT2D eigenvalue weighted by molar-refractivity contribution is 5.89. The molecule has 2 N–H and O–H groups in total. The van der Waals surface area contributed by atoms with Gasteiger partial charge in [-0.25, -0.2) is 4.79 Å². The minimum absolute atomic E-state index is 0.244. The number of β-amino-alcohol motifs (C(OH)–C–C–N with tert-alkyl or cyclic N) is 1. The van der Waals surface area contributed by atoms with Gasteiger partial charge in [0.1, 0.15) is 5.69 Å². The van der Waals surface area contributed by atoms with Crippen molar-refractivity contribution in [3.05, 3.63) is 64.1 Å². The maximum atomic E-state index is 12.5. The number of urea groups is 1. The molecule has 6 nitrogen and oxygen atoms in total. The first kappa shape index (κ1) is 16.3. The number of hydrogen-bond donors (Lipinski definition) is 2. The number of pyridine rings is 1. The van der Waals surface area contributed by atoms with E-state index in [0.717, 1.165) is 5.56 Å². The summed E-state index contributed by atoms with van der Waals surface area (Å²) in [5.74, 6) is 0.